The predicted octanol–water partition coefficient (Wildman–Crippen LogP) is 3.57. The second-order valence-electron chi connectivity index (χ2n) is 6.04. The molecule has 0 fully saturated rings. The highest BCUT2D eigenvalue weighted by molar-refractivity contribution is 7.89. The van der Waals surface area contributed by atoms with Crippen LogP contribution in [0.15, 0.2) is 77.8 Å². The number of pyridine rings is 1. The number of anilines is 1. The van der Waals surface area contributed by atoms with Gasteiger partial charge in [-0.25, -0.2) is 22.5 Å². The van der Waals surface area contributed by atoms with Crippen LogP contribution in [0, 0.1) is 5.82 Å². The molecule has 1 amide bonds. The van der Waals surface area contributed by atoms with Crippen LogP contribution >= 0.6 is 0 Å². The molecule has 0 saturated carbocycles. The zero-order valence-corrected chi connectivity index (χ0v) is 16.7. The highest BCUT2D eigenvalue weighted by Crippen LogP contribution is 2.20. The van der Waals surface area contributed by atoms with Crippen LogP contribution in [-0.4, -0.2) is 26.4 Å². The summed E-state index contributed by atoms with van der Waals surface area (Å²) in [4.78, 5) is 16.3. The molecule has 0 aliphatic rings. The van der Waals surface area contributed by atoms with Crippen molar-refractivity contribution in [3.8, 4) is 11.6 Å². The first-order chi connectivity index (χ1) is 14.4. The standard InChI is InChI=1S/C21H18FN3O4S/c1-23-30(27,28)19-10-2-15(3-11-19)4-12-20(26)25-17-7-13-21(24-14-17)29-18-8-5-16(22)6-9-18/h2-14,23H,1H3,(H,25,26)/b12-4+. The van der Waals surface area contributed by atoms with Crippen molar-refractivity contribution in [1.82, 2.24) is 9.71 Å². The van der Waals surface area contributed by atoms with Crippen molar-refractivity contribution in [1.29, 1.82) is 0 Å². The number of sulfonamides is 1. The van der Waals surface area contributed by atoms with Gasteiger partial charge in [-0.05, 0) is 61.2 Å². The van der Waals surface area contributed by atoms with Gasteiger partial charge < -0.3 is 10.1 Å². The fraction of sp³-hybridized carbons (Fsp3) is 0.0476. The average Bonchev–Trinajstić information content (AvgIpc) is 2.75. The Morgan fingerprint density at radius 2 is 1.73 bits per heavy atom. The lowest BCUT2D eigenvalue weighted by atomic mass is 10.2. The molecule has 2 N–H and O–H groups in total. The number of rotatable bonds is 7. The molecule has 0 aliphatic carbocycles. The van der Waals surface area contributed by atoms with Gasteiger partial charge in [0.2, 0.25) is 21.8 Å². The first-order valence-corrected chi connectivity index (χ1v) is 10.3. The van der Waals surface area contributed by atoms with Crippen LogP contribution in [-0.2, 0) is 14.8 Å². The lowest BCUT2D eigenvalue weighted by Crippen LogP contribution is -2.18. The molecular weight excluding hydrogens is 409 g/mol. The number of carbonyl (C=O) groups is 1. The smallest absolute Gasteiger partial charge is 0.248 e. The molecule has 3 aromatic rings. The average molecular weight is 427 g/mol. The summed E-state index contributed by atoms with van der Waals surface area (Å²) in [5.74, 6) is 0.000194. The van der Waals surface area contributed by atoms with Crippen LogP contribution in [0.25, 0.3) is 6.08 Å². The third-order valence-corrected chi connectivity index (χ3v) is 5.36. The zero-order chi connectivity index (χ0) is 21.6. The molecule has 154 valence electrons. The van der Waals surface area contributed by atoms with E-state index in [-0.39, 0.29) is 16.6 Å². The fourth-order valence-corrected chi connectivity index (χ4v) is 3.10. The number of nitrogens with zero attached hydrogens (tertiary/aromatic N) is 1. The van der Waals surface area contributed by atoms with E-state index in [0.717, 1.165) is 0 Å². The summed E-state index contributed by atoms with van der Waals surface area (Å²) in [5.41, 5.74) is 1.13. The van der Waals surface area contributed by atoms with Gasteiger partial charge in [0.25, 0.3) is 0 Å². The largest absolute Gasteiger partial charge is 0.439 e. The van der Waals surface area contributed by atoms with Gasteiger partial charge in [-0.2, -0.15) is 0 Å². The molecule has 0 atom stereocenters. The molecule has 1 aromatic heterocycles. The Hall–Kier alpha value is -3.56. The lowest BCUT2D eigenvalue weighted by Gasteiger charge is -2.06. The number of hydrogen-bond acceptors (Lipinski definition) is 5. The molecule has 0 unspecified atom stereocenters. The molecule has 0 radical (unpaired) electrons. The normalized spacial score (nSPS) is 11.4. The van der Waals surface area contributed by atoms with Gasteiger partial charge in [-0.3, -0.25) is 4.79 Å². The van der Waals surface area contributed by atoms with Gasteiger partial charge in [0, 0.05) is 12.1 Å². The van der Waals surface area contributed by atoms with Crippen LogP contribution in [0.4, 0.5) is 10.1 Å². The molecule has 30 heavy (non-hydrogen) atoms. The Morgan fingerprint density at radius 1 is 1.03 bits per heavy atom. The quantitative estimate of drug-likeness (QED) is 0.562. The van der Waals surface area contributed by atoms with Crippen molar-refractivity contribution in [2.45, 2.75) is 4.90 Å². The zero-order valence-electron chi connectivity index (χ0n) is 15.9. The van der Waals surface area contributed by atoms with Crippen LogP contribution < -0.4 is 14.8 Å². The molecule has 1 heterocycles. The maximum absolute atomic E-state index is 12.9. The number of aromatic nitrogens is 1. The van der Waals surface area contributed by atoms with Crippen molar-refractivity contribution in [3.63, 3.8) is 0 Å². The Balaban J connectivity index is 1.57. The predicted molar refractivity (Wildman–Crippen MR) is 111 cm³/mol. The first-order valence-electron chi connectivity index (χ1n) is 8.78. The van der Waals surface area contributed by atoms with Crippen LogP contribution in [0.3, 0.4) is 0 Å². The summed E-state index contributed by atoms with van der Waals surface area (Å²) in [5, 5.41) is 2.66. The second kappa shape index (κ2) is 9.29. The van der Waals surface area contributed by atoms with Crippen molar-refractivity contribution in [3.05, 3.63) is 84.3 Å². The molecule has 3 rings (SSSR count). The van der Waals surface area contributed by atoms with E-state index in [0.29, 0.717) is 22.9 Å². The van der Waals surface area contributed by atoms with E-state index in [1.165, 1.54) is 55.7 Å². The minimum atomic E-state index is -3.50. The number of nitrogens with one attached hydrogen (secondary N) is 2. The Morgan fingerprint density at radius 3 is 2.33 bits per heavy atom. The minimum Gasteiger partial charge on any atom is -0.439 e. The first kappa shape index (κ1) is 21.2. The molecule has 0 bridgehead atoms. The number of carbonyl (C=O) groups excluding carboxylic acids is 1. The highest BCUT2D eigenvalue weighted by Gasteiger charge is 2.09. The van der Waals surface area contributed by atoms with E-state index in [9.17, 15) is 17.6 Å². The molecule has 7 nitrogen and oxygen atoms in total. The molecule has 0 spiro atoms. The Bertz CT molecular complexity index is 1140. The number of hydrogen-bond donors (Lipinski definition) is 2. The van der Waals surface area contributed by atoms with E-state index in [2.05, 4.69) is 15.0 Å². The molecular formula is C21H18FN3O4S. The summed E-state index contributed by atoms with van der Waals surface area (Å²) in [6.45, 7) is 0. The Labute approximate surface area is 173 Å². The summed E-state index contributed by atoms with van der Waals surface area (Å²) in [7, 11) is -2.16. The minimum absolute atomic E-state index is 0.139. The highest BCUT2D eigenvalue weighted by atomic mass is 32.2. The lowest BCUT2D eigenvalue weighted by molar-refractivity contribution is -0.111. The van der Waals surface area contributed by atoms with E-state index < -0.39 is 10.0 Å². The third-order valence-electron chi connectivity index (χ3n) is 3.93. The van der Waals surface area contributed by atoms with Crippen molar-refractivity contribution in [2.24, 2.45) is 0 Å². The van der Waals surface area contributed by atoms with Crippen molar-refractivity contribution in [2.75, 3.05) is 12.4 Å². The SMILES string of the molecule is CNS(=O)(=O)c1ccc(/C=C/C(=O)Nc2ccc(Oc3ccc(F)cc3)nc2)cc1. The monoisotopic (exact) mass is 427 g/mol. The van der Waals surface area contributed by atoms with Crippen LogP contribution in [0.2, 0.25) is 0 Å². The van der Waals surface area contributed by atoms with E-state index in [1.807, 2.05) is 0 Å². The van der Waals surface area contributed by atoms with Gasteiger partial charge >= 0.3 is 0 Å². The maximum atomic E-state index is 12.9. The molecule has 0 saturated heterocycles. The van der Waals surface area contributed by atoms with E-state index >= 15 is 0 Å². The van der Waals surface area contributed by atoms with Gasteiger partial charge in [0.05, 0.1) is 16.8 Å². The van der Waals surface area contributed by atoms with E-state index in [1.54, 1.807) is 30.3 Å². The van der Waals surface area contributed by atoms with Gasteiger partial charge in [0.15, 0.2) is 0 Å². The topological polar surface area (TPSA) is 97.4 Å². The number of ether oxygens (including phenoxy) is 1. The molecule has 9 heteroatoms. The van der Waals surface area contributed by atoms with Crippen molar-refractivity contribution < 1.29 is 22.3 Å². The summed E-state index contributed by atoms with van der Waals surface area (Å²) >= 11 is 0. The fourth-order valence-electron chi connectivity index (χ4n) is 2.37. The van der Waals surface area contributed by atoms with Gasteiger partial charge in [-0.1, -0.05) is 12.1 Å². The van der Waals surface area contributed by atoms with Gasteiger partial charge in [-0.15, -0.1) is 0 Å². The number of benzene rings is 2. The van der Waals surface area contributed by atoms with E-state index in [4.69, 9.17) is 4.74 Å². The molecule has 2 aromatic carbocycles. The van der Waals surface area contributed by atoms with Crippen LogP contribution in [0.5, 0.6) is 11.6 Å². The maximum Gasteiger partial charge on any atom is 0.248 e. The number of halogens is 1. The third kappa shape index (κ3) is 5.72. The molecule has 0 aliphatic heterocycles. The van der Waals surface area contributed by atoms with Crippen molar-refractivity contribution >= 4 is 27.7 Å². The Kier molecular flexibility index (Phi) is 6.55. The van der Waals surface area contributed by atoms with Gasteiger partial charge in [0.1, 0.15) is 11.6 Å². The number of amides is 1. The van der Waals surface area contributed by atoms with Crippen LogP contribution in [0.1, 0.15) is 5.56 Å². The summed E-state index contributed by atoms with van der Waals surface area (Å²) in [6.07, 6.45) is 4.32. The second-order valence-corrected chi connectivity index (χ2v) is 7.93. The summed E-state index contributed by atoms with van der Waals surface area (Å²) in [6, 6.07) is 14.8. The summed E-state index contributed by atoms with van der Waals surface area (Å²) < 4.78 is 44.0.